The monoisotopic (exact) mass is 1790 g/mol. The van der Waals surface area contributed by atoms with Crippen LogP contribution in [0.4, 0.5) is 0 Å². The van der Waals surface area contributed by atoms with Crippen LogP contribution < -0.4 is 37.6 Å². The highest BCUT2D eigenvalue weighted by Crippen LogP contribution is 2.28. The second kappa shape index (κ2) is 50.5. The Balaban J connectivity index is 1.21. The van der Waals surface area contributed by atoms with Gasteiger partial charge in [-0.15, -0.1) is 11.8 Å². The number of aromatic nitrogens is 1. The lowest BCUT2D eigenvalue weighted by Gasteiger charge is -2.37. The van der Waals surface area contributed by atoms with E-state index >= 15 is 38.4 Å². The lowest BCUT2D eigenvalue weighted by molar-refractivity contribution is -0.151. The summed E-state index contributed by atoms with van der Waals surface area (Å²) in [5, 5.41) is 38.2. The summed E-state index contributed by atoms with van der Waals surface area (Å²) in [6, 6.07) is 31.9. The summed E-state index contributed by atoms with van der Waals surface area (Å²) in [5.41, 5.74) is 9.38. The number of unbranched alkanes of at least 4 members (excludes halogenated alkanes) is 2. The number of primary amides is 1. The fourth-order valence-corrected chi connectivity index (χ4v) is 16.4. The van der Waals surface area contributed by atoms with Crippen LogP contribution >= 0.6 is 11.8 Å². The predicted octanol–water partition coefficient (Wildman–Crippen LogP) is 5.58. The van der Waals surface area contributed by atoms with Crippen LogP contribution in [0.25, 0.3) is 10.9 Å². The summed E-state index contributed by atoms with van der Waals surface area (Å²) >= 11 is 0.886. The van der Waals surface area contributed by atoms with Gasteiger partial charge in [0, 0.05) is 128 Å². The molecule has 0 aliphatic carbocycles. The number of H-pyrrole nitrogens is 1. The number of fused-ring (bicyclic) bond motifs is 1. The summed E-state index contributed by atoms with van der Waals surface area (Å²) in [7, 11) is 6.82. The van der Waals surface area contributed by atoms with E-state index in [0.717, 1.165) is 26.5 Å². The van der Waals surface area contributed by atoms with Crippen LogP contribution in [-0.2, 0) is 120 Å². The van der Waals surface area contributed by atoms with Crippen molar-refractivity contribution in [2.75, 3.05) is 66.4 Å². The van der Waals surface area contributed by atoms with Crippen molar-refractivity contribution in [1.29, 1.82) is 0 Å². The van der Waals surface area contributed by atoms with Gasteiger partial charge in [0.1, 0.15) is 72.2 Å². The van der Waals surface area contributed by atoms with Crippen LogP contribution in [0.1, 0.15) is 125 Å². The maximum absolute atomic E-state index is 15.6. The summed E-state index contributed by atoms with van der Waals surface area (Å²) < 4.78 is 5.16. The number of phenols is 2. The van der Waals surface area contributed by atoms with E-state index in [0.29, 0.717) is 70.0 Å². The molecule has 1 aliphatic rings. The van der Waals surface area contributed by atoms with Gasteiger partial charge in [-0.25, -0.2) is 0 Å². The van der Waals surface area contributed by atoms with E-state index < -0.39 is 211 Å². The molecule has 2 heterocycles. The van der Waals surface area contributed by atoms with Gasteiger partial charge in [0.2, 0.25) is 70.9 Å². The molecule has 11 N–H and O–H groups in total. The van der Waals surface area contributed by atoms with Gasteiger partial charge in [-0.3, -0.25) is 76.7 Å². The number of likely N-dealkylation sites (N-methyl/N-ethyl adjacent to an activating group) is 5. The number of ether oxygens (including phenoxy) is 1. The molecule has 1 fully saturated rings. The number of ketones is 3. The zero-order chi connectivity index (χ0) is 94.0. The molecule has 33 heteroatoms. The largest absolute Gasteiger partial charge is 0.508 e. The average molecular weight is 1790 g/mol. The molecule has 0 bridgehead atoms. The Morgan fingerprint density at radius 1 is 0.481 bits per heavy atom. The second-order valence-electron chi connectivity index (χ2n) is 33.3. The molecule has 1 aromatic heterocycles. The number of Topliss-reactive ketones (excluding diaryl/α,β-unsaturated/α-hetero) is 3. The molecule has 8 rings (SSSR count). The van der Waals surface area contributed by atoms with E-state index in [2.05, 4.69) is 36.9 Å². The van der Waals surface area contributed by atoms with E-state index in [4.69, 9.17) is 10.5 Å². The van der Waals surface area contributed by atoms with Crippen molar-refractivity contribution in [3.63, 3.8) is 0 Å². The van der Waals surface area contributed by atoms with Crippen LogP contribution in [0.2, 0.25) is 0 Å². The van der Waals surface area contributed by atoms with E-state index in [1.54, 1.807) is 135 Å². The van der Waals surface area contributed by atoms with Crippen LogP contribution in [0.5, 0.6) is 11.5 Å². The highest BCUT2D eigenvalue weighted by molar-refractivity contribution is 8.00. The van der Waals surface area contributed by atoms with Crippen LogP contribution in [0.3, 0.4) is 0 Å². The minimum Gasteiger partial charge on any atom is -0.508 e. The lowest BCUT2D eigenvalue weighted by atomic mass is 9.84. The third-order valence-electron chi connectivity index (χ3n) is 23.1. The molecule has 32 nitrogen and oxygen atoms in total. The molecule has 7 aromatic rings. The number of hydrogen-bond acceptors (Lipinski definition) is 20. The predicted molar refractivity (Wildman–Crippen MR) is 485 cm³/mol. The molecule has 0 spiro atoms. The molecule has 1 aliphatic heterocycles. The first kappa shape index (κ1) is 101. The smallest absolute Gasteiger partial charge is 0.293 e. The summed E-state index contributed by atoms with van der Waals surface area (Å²) in [6.07, 6.45) is 0.391. The quantitative estimate of drug-likeness (QED) is 0.0296. The molecule has 0 saturated carbocycles. The summed E-state index contributed by atoms with van der Waals surface area (Å²) in [6.45, 7) is 5.19. The van der Waals surface area contributed by atoms with Crippen LogP contribution in [-0.4, -0.2) is 255 Å². The van der Waals surface area contributed by atoms with Crippen LogP contribution in [0.15, 0.2) is 170 Å². The number of nitrogens with zero attached hydrogens (tertiary/aromatic N) is 5. The van der Waals surface area contributed by atoms with E-state index in [1.165, 1.54) is 93.6 Å². The van der Waals surface area contributed by atoms with Gasteiger partial charge < -0.3 is 82.1 Å². The van der Waals surface area contributed by atoms with Gasteiger partial charge >= 0.3 is 0 Å². The fraction of sp³-hybridized carbons (Fsp3) is 0.438. The van der Waals surface area contributed by atoms with Crippen molar-refractivity contribution in [2.45, 2.75) is 185 Å². The molecular formula is C96H121N13O19S. The van der Waals surface area contributed by atoms with Crippen molar-refractivity contribution >= 4 is 117 Å². The molecule has 1 saturated heterocycles. The van der Waals surface area contributed by atoms with Crippen molar-refractivity contribution in [3.05, 3.63) is 203 Å². The third-order valence-corrected chi connectivity index (χ3v) is 24.1. The Hall–Kier alpha value is -13.1. The maximum Gasteiger partial charge on any atom is 0.293 e. The number of thioether (sulfide) groups is 1. The first-order valence-electron chi connectivity index (χ1n) is 43.5. The van der Waals surface area contributed by atoms with Crippen molar-refractivity contribution < 1.29 is 91.7 Å². The number of rotatable bonds is 26. The maximum atomic E-state index is 15.6. The van der Waals surface area contributed by atoms with Gasteiger partial charge in [0.25, 0.3) is 6.47 Å². The molecule has 12 amide bonds. The van der Waals surface area contributed by atoms with Gasteiger partial charge in [0.15, 0.2) is 11.6 Å². The average Bonchev–Trinajstić information content (AvgIpc) is 1.72. The minimum atomic E-state index is -1.57. The lowest BCUT2D eigenvalue weighted by Crippen LogP contribution is -2.59. The number of benzene rings is 6. The number of carbonyl (C=O) groups excluding carboxylic acids is 16. The van der Waals surface area contributed by atoms with Crippen LogP contribution in [0, 0.1) is 17.8 Å². The number of phenolic OH excluding ortho intramolecular Hbond substituents is 2. The SMILES string of the molecule is CCCC[C@@H]1NC(=O)[C@H](Cc2ccc(O)cc2)NC(=O)[C@H](Cc2c[nH]c3ccccc23)NC(=O)CN(C)C(=O)[C@H](Cc2ccc(O)cc2)NC(=O)[C@H](Cc2ccccc2)N(C)C(=O)[C@H](C(C)C)CC(=O)[C@H](COC=O)CC(=O)CN(C)C(=O)[C@H](CCCC)N(C)C(=O)[C@H](Cc2ccccc2)N(C)C(=O)[C@H](Cc2ccccc2)NC(=O)CSC[C@@H](C(=O)CCC(N)=O)NC1=O. The zero-order valence-corrected chi connectivity index (χ0v) is 75.4. The summed E-state index contributed by atoms with van der Waals surface area (Å²) in [4.78, 5) is 244. The number of aromatic amines is 1. The zero-order valence-electron chi connectivity index (χ0n) is 74.6. The molecule has 690 valence electrons. The van der Waals surface area contributed by atoms with Gasteiger partial charge in [-0.1, -0.05) is 187 Å². The van der Waals surface area contributed by atoms with Crippen molar-refractivity contribution in [1.82, 2.24) is 61.4 Å². The van der Waals surface area contributed by atoms with E-state index in [1.807, 2.05) is 13.8 Å². The molecule has 129 heavy (non-hydrogen) atoms. The standard InChI is InChI=1S/C96H121N13O19S/c1-10-12-32-74-88(119)104-79(83(114)43-44-85(97)116)57-129-58-87(118)100-78(46-61-25-17-14-18-26-61)94(125)109(9)82(49-63-29-21-16-22-30-63)96(127)107(7)80(34-13-11-2)95(126)105(5)54-70(113)50-67(56-128-59-110)84(115)52-72(60(3)4)92(123)108(8)81(48-62-27-19-15-20-28-62)91(122)103-77(47-65-37-41-69(112)42-38-65)93(124)106(6)55-86(117)99-76(51-66-53-98-73-33-24-23-31-71(66)73)90(121)102-75(89(120)101-74)45-64-35-39-68(111)40-36-64/h14-31,33,35-42,53,59-60,67,72,74-82,98,111-112H,10-13,32,34,43-52,54-58H2,1-9H3,(H2,97,116)(H,99,117)(H,100,118)(H,101,120)(H,102,121)(H,103,122)(H,104,119)/t67-,72-,74-,75-,76-,77-,78-,79-,80-,81-,82-/m0/s1. The molecule has 6 aromatic carbocycles. The Morgan fingerprint density at radius 3 is 1.52 bits per heavy atom. The second-order valence-corrected chi connectivity index (χ2v) is 34.3. The first-order chi connectivity index (χ1) is 61.7. The molecule has 11 atom stereocenters. The summed E-state index contributed by atoms with van der Waals surface area (Å²) in [5.74, 6) is -15.9. The van der Waals surface area contributed by atoms with Gasteiger partial charge in [0.05, 0.1) is 30.8 Å². The van der Waals surface area contributed by atoms with E-state index in [-0.39, 0.29) is 75.1 Å². The van der Waals surface area contributed by atoms with Gasteiger partial charge in [-0.05, 0) is 82.5 Å². The number of nitrogens with one attached hydrogen (secondary N) is 7. The first-order valence-corrected chi connectivity index (χ1v) is 44.6. The highest BCUT2D eigenvalue weighted by atomic mass is 32.2. The third kappa shape index (κ3) is 30.9. The Bertz CT molecular complexity index is 5000. The number of aromatic hydroxyl groups is 2. The molecular weight excluding hydrogens is 1670 g/mol. The topological polar surface area (TPSA) is 453 Å². The number of carbonyl (C=O) groups is 16. The van der Waals surface area contributed by atoms with Crippen molar-refractivity contribution in [3.8, 4) is 11.5 Å². The fourth-order valence-electron chi connectivity index (χ4n) is 15.5. The number of para-hydroxylation sites is 1. The number of amides is 12. The van der Waals surface area contributed by atoms with Crippen molar-refractivity contribution in [2.24, 2.45) is 23.5 Å². The van der Waals surface area contributed by atoms with Gasteiger partial charge in [-0.2, -0.15) is 0 Å². The minimum absolute atomic E-state index is 0.0251. The Kier molecular flexibility index (Phi) is 39.6. The number of nitrogens with two attached hydrogens (primary N) is 1. The molecule has 0 unspecified atom stereocenters. The Labute approximate surface area is 756 Å². The molecule has 0 radical (unpaired) electrons. The van der Waals surface area contributed by atoms with E-state index in [9.17, 15) is 48.6 Å². The normalized spacial score (nSPS) is 22.0. The Morgan fingerprint density at radius 2 is 0.953 bits per heavy atom. The highest BCUT2D eigenvalue weighted by Gasteiger charge is 2.42. The number of hydrogen-bond donors (Lipinski definition) is 10.